The Labute approximate surface area is 135 Å². The third kappa shape index (κ3) is 5.17. The van der Waals surface area contributed by atoms with Crippen LogP contribution in [-0.2, 0) is 4.79 Å². The maximum atomic E-state index is 12.5. The maximum absolute atomic E-state index is 12.5. The van der Waals surface area contributed by atoms with Crippen LogP contribution in [0.2, 0.25) is 6.32 Å². The van der Waals surface area contributed by atoms with Crippen LogP contribution < -0.4 is 5.73 Å². The van der Waals surface area contributed by atoms with E-state index in [1.807, 2.05) is 0 Å². The molecule has 5 nitrogen and oxygen atoms in total. The number of aliphatic hydroxyl groups is 1. The number of aliphatic hydroxyl groups excluding tert-OH is 1. The van der Waals surface area contributed by atoms with Gasteiger partial charge in [0, 0.05) is 20.2 Å². The van der Waals surface area contributed by atoms with Gasteiger partial charge in [0.15, 0.2) is 0 Å². The zero-order valence-electron chi connectivity index (χ0n) is 13.3. The van der Waals surface area contributed by atoms with Gasteiger partial charge >= 0.3 is 6.18 Å². The standard InChI is InChI=1S/C13H21BF3N2O2.CH4O/c15-13(16,17)7-19-5-9-4-12(18,8-20)11(10(9)6-19)2-1-3-14-21;1-2/h8-11,21H,1-7,18H2;2H,1H3. The lowest BCUT2D eigenvalue weighted by atomic mass is 9.78. The van der Waals surface area contributed by atoms with E-state index in [2.05, 4.69) is 0 Å². The number of hydrogen-bond donors (Lipinski definition) is 3. The molecule has 0 bridgehead atoms. The van der Waals surface area contributed by atoms with Gasteiger partial charge in [-0.15, -0.1) is 0 Å². The summed E-state index contributed by atoms with van der Waals surface area (Å²) in [7, 11) is 2.07. The molecule has 1 heterocycles. The number of hydrogen-bond acceptors (Lipinski definition) is 5. The quantitative estimate of drug-likeness (QED) is 0.372. The number of carbonyl (C=O) groups excluding carboxylic acids is 1. The molecular formula is C14H25BF3N2O3. The summed E-state index contributed by atoms with van der Waals surface area (Å²) in [6.45, 7) is -0.181. The van der Waals surface area contributed by atoms with Gasteiger partial charge in [0.25, 0.3) is 7.48 Å². The second-order valence-corrected chi connectivity index (χ2v) is 6.39. The van der Waals surface area contributed by atoms with Crippen molar-refractivity contribution in [2.24, 2.45) is 23.5 Å². The molecule has 4 unspecified atom stereocenters. The predicted octanol–water partition coefficient (Wildman–Crippen LogP) is 0.431. The van der Waals surface area contributed by atoms with Crippen molar-refractivity contribution in [1.29, 1.82) is 0 Å². The van der Waals surface area contributed by atoms with Crippen LogP contribution in [0.3, 0.4) is 0 Å². The highest BCUT2D eigenvalue weighted by Gasteiger charge is 2.54. The number of aldehydes is 1. The molecule has 1 aliphatic heterocycles. The number of rotatable bonds is 6. The Kier molecular flexibility index (Phi) is 7.51. The highest BCUT2D eigenvalue weighted by atomic mass is 19.4. The number of fused-ring (bicyclic) bond motifs is 1. The van der Waals surface area contributed by atoms with Gasteiger partial charge in [-0.25, -0.2) is 0 Å². The lowest BCUT2D eigenvalue weighted by molar-refractivity contribution is -0.144. The normalized spacial score (nSPS) is 33.8. The molecule has 0 aromatic rings. The first kappa shape index (κ1) is 20.4. The van der Waals surface area contributed by atoms with E-state index in [0.29, 0.717) is 38.7 Å². The molecule has 0 spiro atoms. The van der Waals surface area contributed by atoms with E-state index < -0.39 is 18.3 Å². The van der Waals surface area contributed by atoms with Crippen LogP contribution in [0.5, 0.6) is 0 Å². The summed E-state index contributed by atoms with van der Waals surface area (Å²) < 4.78 is 37.5. The first-order chi connectivity index (χ1) is 10.8. The monoisotopic (exact) mass is 337 g/mol. The minimum absolute atomic E-state index is 0.0428. The molecule has 4 N–H and O–H groups in total. The van der Waals surface area contributed by atoms with Crippen molar-refractivity contribution in [2.75, 3.05) is 26.7 Å². The molecule has 2 aliphatic rings. The number of alkyl halides is 3. The van der Waals surface area contributed by atoms with Gasteiger partial charge in [0.1, 0.15) is 6.29 Å². The number of likely N-dealkylation sites (tertiary alicyclic amines) is 1. The summed E-state index contributed by atoms with van der Waals surface area (Å²) in [5.74, 6) is 0.00471. The minimum atomic E-state index is -4.19. The topological polar surface area (TPSA) is 86.8 Å². The molecule has 2 rings (SSSR count). The molecule has 1 saturated carbocycles. The molecular weight excluding hydrogens is 312 g/mol. The second kappa shape index (κ2) is 8.46. The summed E-state index contributed by atoms with van der Waals surface area (Å²) in [6, 6.07) is 0. The average molecular weight is 337 g/mol. The van der Waals surface area contributed by atoms with E-state index in [9.17, 15) is 18.0 Å². The zero-order chi connectivity index (χ0) is 17.7. The van der Waals surface area contributed by atoms with Crippen molar-refractivity contribution in [3.63, 3.8) is 0 Å². The van der Waals surface area contributed by atoms with Crippen LogP contribution >= 0.6 is 0 Å². The Bertz CT molecular complexity index is 387. The number of carbonyl (C=O) groups is 1. The molecule has 1 radical (unpaired) electrons. The van der Waals surface area contributed by atoms with Gasteiger partial charge in [-0.1, -0.05) is 12.7 Å². The number of nitrogens with zero attached hydrogens (tertiary/aromatic N) is 1. The molecule has 133 valence electrons. The lowest BCUT2D eigenvalue weighted by Crippen LogP contribution is -2.48. The summed E-state index contributed by atoms with van der Waals surface area (Å²) in [5, 5.41) is 15.7. The molecule has 2 fully saturated rings. The van der Waals surface area contributed by atoms with Crippen LogP contribution in [0.1, 0.15) is 19.3 Å². The molecule has 1 aliphatic carbocycles. The van der Waals surface area contributed by atoms with E-state index in [1.54, 1.807) is 0 Å². The van der Waals surface area contributed by atoms with E-state index in [0.717, 1.165) is 20.9 Å². The van der Waals surface area contributed by atoms with Gasteiger partial charge in [-0.2, -0.15) is 13.2 Å². The molecule has 0 aromatic heterocycles. The van der Waals surface area contributed by atoms with Crippen molar-refractivity contribution in [3.05, 3.63) is 0 Å². The van der Waals surface area contributed by atoms with Crippen LogP contribution in [0.4, 0.5) is 13.2 Å². The Hall–Kier alpha value is -0.635. The van der Waals surface area contributed by atoms with Crippen LogP contribution in [0.15, 0.2) is 0 Å². The number of halogens is 3. The average Bonchev–Trinajstić information content (AvgIpc) is 2.95. The summed E-state index contributed by atoms with van der Waals surface area (Å²) >= 11 is 0. The zero-order valence-corrected chi connectivity index (χ0v) is 13.3. The number of nitrogens with two attached hydrogens (primary N) is 1. The fourth-order valence-corrected chi connectivity index (χ4v) is 4.09. The molecule has 0 amide bonds. The minimum Gasteiger partial charge on any atom is -0.454 e. The first-order valence-electron chi connectivity index (χ1n) is 7.74. The molecule has 23 heavy (non-hydrogen) atoms. The lowest BCUT2D eigenvalue weighted by Gasteiger charge is -2.30. The smallest absolute Gasteiger partial charge is 0.401 e. The Morgan fingerprint density at radius 1 is 1.39 bits per heavy atom. The van der Waals surface area contributed by atoms with Crippen molar-refractivity contribution in [2.45, 2.75) is 37.3 Å². The highest BCUT2D eigenvalue weighted by molar-refractivity contribution is 6.25. The third-order valence-corrected chi connectivity index (χ3v) is 4.86. The highest BCUT2D eigenvalue weighted by Crippen LogP contribution is 2.48. The van der Waals surface area contributed by atoms with Gasteiger partial charge in [-0.05, 0) is 30.6 Å². The third-order valence-electron chi connectivity index (χ3n) is 4.86. The Morgan fingerprint density at radius 3 is 2.57 bits per heavy atom. The van der Waals surface area contributed by atoms with E-state index in [4.69, 9.17) is 15.9 Å². The van der Waals surface area contributed by atoms with Crippen LogP contribution in [0.25, 0.3) is 0 Å². The van der Waals surface area contributed by atoms with Gasteiger partial charge in [-0.3, -0.25) is 4.90 Å². The largest absolute Gasteiger partial charge is 0.454 e. The van der Waals surface area contributed by atoms with Crippen molar-refractivity contribution in [1.82, 2.24) is 4.90 Å². The van der Waals surface area contributed by atoms with Crippen molar-refractivity contribution < 1.29 is 28.1 Å². The Morgan fingerprint density at radius 2 is 2.04 bits per heavy atom. The van der Waals surface area contributed by atoms with Crippen molar-refractivity contribution in [3.8, 4) is 0 Å². The molecule has 9 heteroatoms. The van der Waals surface area contributed by atoms with Gasteiger partial charge in [0.2, 0.25) is 0 Å². The van der Waals surface area contributed by atoms with E-state index in [1.165, 1.54) is 4.90 Å². The fourth-order valence-electron chi connectivity index (χ4n) is 4.09. The maximum Gasteiger partial charge on any atom is 0.401 e. The van der Waals surface area contributed by atoms with Crippen LogP contribution in [0, 0.1) is 17.8 Å². The van der Waals surface area contributed by atoms with E-state index in [-0.39, 0.29) is 17.8 Å². The fraction of sp³-hybridized carbons (Fsp3) is 0.929. The van der Waals surface area contributed by atoms with Gasteiger partial charge < -0.3 is 20.7 Å². The predicted molar refractivity (Wildman–Crippen MR) is 80.7 cm³/mol. The first-order valence-corrected chi connectivity index (χ1v) is 7.74. The van der Waals surface area contributed by atoms with Crippen molar-refractivity contribution >= 4 is 13.8 Å². The second-order valence-electron chi connectivity index (χ2n) is 6.39. The van der Waals surface area contributed by atoms with Crippen LogP contribution in [-0.4, -0.2) is 67.3 Å². The molecule has 0 aromatic carbocycles. The van der Waals surface area contributed by atoms with Gasteiger partial charge in [0.05, 0.1) is 12.1 Å². The van der Waals surface area contributed by atoms with E-state index >= 15 is 0 Å². The summed E-state index contributed by atoms with van der Waals surface area (Å²) in [4.78, 5) is 12.8. The Balaban J connectivity index is 0.00000127. The molecule has 4 atom stereocenters. The molecule has 1 saturated heterocycles. The summed E-state index contributed by atoms with van der Waals surface area (Å²) in [5.41, 5.74) is 5.24. The summed E-state index contributed by atoms with van der Waals surface area (Å²) in [6.07, 6.45) is -1.10. The SMILES string of the molecule is CO.NC1(C=O)CC2CN(CC(F)(F)F)CC2C1CCC[B]O.